The molecule has 0 unspecified atom stereocenters. The van der Waals surface area contributed by atoms with Gasteiger partial charge < -0.3 is 20.6 Å². The third-order valence-electron chi connectivity index (χ3n) is 2.50. The van der Waals surface area contributed by atoms with Crippen molar-refractivity contribution in [3.05, 3.63) is 28.2 Å². The van der Waals surface area contributed by atoms with Crippen LogP contribution in [-0.2, 0) is 0 Å². The second-order valence-electron chi connectivity index (χ2n) is 3.95. The maximum absolute atomic E-state index is 11.9. The Morgan fingerprint density at radius 1 is 1.42 bits per heavy atom. The smallest absolute Gasteiger partial charge is 0.337 e. The Hall–Kier alpha value is -1.60. The molecule has 19 heavy (non-hydrogen) atoms. The molecule has 104 valence electrons. The largest absolute Gasteiger partial charge is 0.478 e. The van der Waals surface area contributed by atoms with Crippen molar-refractivity contribution in [3.8, 4) is 0 Å². The summed E-state index contributed by atoms with van der Waals surface area (Å²) in [6.45, 7) is 1.19. The Morgan fingerprint density at radius 3 is 2.68 bits per heavy atom. The Balaban J connectivity index is 2.83. The summed E-state index contributed by atoms with van der Waals surface area (Å²) in [5, 5.41) is 14.6. The van der Waals surface area contributed by atoms with Crippen LogP contribution in [0.15, 0.2) is 22.7 Å². The lowest BCUT2D eigenvalue weighted by Gasteiger charge is -2.18. The first kappa shape index (κ1) is 15.5. The fourth-order valence-corrected chi connectivity index (χ4v) is 1.76. The number of hydrogen-bond donors (Lipinski definition) is 3. The summed E-state index contributed by atoms with van der Waals surface area (Å²) in [7, 11) is 3.44. The molecule has 7 heteroatoms. The van der Waals surface area contributed by atoms with E-state index in [9.17, 15) is 9.59 Å². The number of carbonyl (C=O) groups is 2. The molecule has 1 aromatic carbocycles. The van der Waals surface area contributed by atoms with Gasteiger partial charge in [0, 0.05) is 24.6 Å². The van der Waals surface area contributed by atoms with Gasteiger partial charge in [-0.05, 0) is 25.2 Å². The Labute approximate surface area is 119 Å². The molecule has 6 nitrogen and oxygen atoms in total. The molecule has 0 atom stereocenters. The maximum atomic E-state index is 11.9. The molecule has 0 aromatic heterocycles. The van der Waals surface area contributed by atoms with E-state index in [0.717, 1.165) is 0 Å². The lowest BCUT2D eigenvalue weighted by molar-refractivity contribution is 0.0698. The number of hydrogen-bond acceptors (Lipinski definition) is 3. The number of likely N-dealkylation sites (N-methyl/N-ethyl adjacent to an activating group) is 2. The summed E-state index contributed by atoms with van der Waals surface area (Å²) in [6.07, 6.45) is 0. The number of aromatic carboxylic acids is 1. The van der Waals surface area contributed by atoms with Crippen LogP contribution in [0.4, 0.5) is 10.5 Å². The maximum Gasteiger partial charge on any atom is 0.337 e. The van der Waals surface area contributed by atoms with Gasteiger partial charge in [0.25, 0.3) is 0 Å². The van der Waals surface area contributed by atoms with E-state index in [0.29, 0.717) is 17.6 Å². The van der Waals surface area contributed by atoms with Crippen molar-refractivity contribution in [3.63, 3.8) is 0 Å². The van der Waals surface area contributed by atoms with Gasteiger partial charge in [-0.15, -0.1) is 0 Å². The summed E-state index contributed by atoms with van der Waals surface area (Å²) in [6, 6.07) is 4.27. The molecule has 3 N–H and O–H groups in total. The van der Waals surface area contributed by atoms with Crippen LogP contribution < -0.4 is 10.6 Å². The van der Waals surface area contributed by atoms with Gasteiger partial charge in [0.15, 0.2) is 0 Å². The monoisotopic (exact) mass is 329 g/mol. The van der Waals surface area contributed by atoms with Crippen LogP contribution in [0.2, 0.25) is 0 Å². The summed E-state index contributed by atoms with van der Waals surface area (Å²) in [4.78, 5) is 24.4. The van der Waals surface area contributed by atoms with E-state index in [1.54, 1.807) is 26.2 Å². The van der Waals surface area contributed by atoms with E-state index < -0.39 is 5.97 Å². The molecular weight excluding hydrogens is 314 g/mol. The Morgan fingerprint density at radius 2 is 2.11 bits per heavy atom. The molecule has 0 saturated carbocycles. The molecule has 0 fully saturated rings. The average molecular weight is 330 g/mol. The van der Waals surface area contributed by atoms with Crippen LogP contribution in [0, 0.1) is 0 Å². The molecule has 0 saturated heterocycles. The second-order valence-corrected chi connectivity index (χ2v) is 4.87. The van der Waals surface area contributed by atoms with Gasteiger partial charge in [0.2, 0.25) is 0 Å². The van der Waals surface area contributed by atoms with Crippen molar-refractivity contribution < 1.29 is 14.7 Å². The number of carboxylic acid groups (broad SMARTS) is 1. The minimum Gasteiger partial charge on any atom is -0.478 e. The molecule has 1 aromatic rings. The van der Waals surface area contributed by atoms with Crippen LogP contribution >= 0.6 is 15.9 Å². The van der Waals surface area contributed by atoms with Crippen molar-refractivity contribution in [2.24, 2.45) is 0 Å². The fourth-order valence-electron chi connectivity index (χ4n) is 1.40. The number of carboxylic acids is 1. The predicted molar refractivity (Wildman–Crippen MR) is 76.7 cm³/mol. The zero-order valence-corrected chi connectivity index (χ0v) is 12.3. The summed E-state index contributed by atoms with van der Waals surface area (Å²) >= 11 is 3.25. The van der Waals surface area contributed by atoms with Crippen molar-refractivity contribution in [1.29, 1.82) is 0 Å². The minimum absolute atomic E-state index is 0.0542. The number of benzene rings is 1. The lowest BCUT2D eigenvalue weighted by atomic mass is 10.2. The highest BCUT2D eigenvalue weighted by atomic mass is 79.9. The number of carbonyl (C=O) groups excluding carboxylic acids is 1. The third kappa shape index (κ3) is 4.53. The Kier molecular flexibility index (Phi) is 5.78. The number of anilines is 1. The highest BCUT2D eigenvalue weighted by Gasteiger charge is 2.14. The average Bonchev–Trinajstić information content (AvgIpc) is 2.35. The van der Waals surface area contributed by atoms with Gasteiger partial charge in [-0.3, -0.25) is 0 Å². The zero-order chi connectivity index (χ0) is 14.4. The number of amides is 2. The van der Waals surface area contributed by atoms with Crippen LogP contribution in [0.5, 0.6) is 0 Å². The highest BCUT2D eigenvalue weighted by Crippen LogP contribution is 2.21. The number of nitrogens with zero attached hydrogens (tertiary/aromatic N) is 1. The van der Waals surface area contributed by atoms with E-state index in [1.165, 1.54) is 11.0 Å². The van der Waals surface area contributed by atoms with Gasteiger partial charge in [-0.2, -0.15) is 0 Å². The van der Waals surface area contributed by atoms with E-state index in [-0.39, 0.29) is 17.3 Å². The van der Waals surface area contributed by atoms with E-state index >= 15 is 0 Å². The first-order chi connectivity index (χ1) is 8.95. The normalized spacial score (nSPS) is 10.1. The third-order valence-corrected chi connectivity index (χ3v) is 2.99. The molecule has 2 amide bonds. The van der Waals surface area contributed by atoms with Crippen molar-refractivity contribution in [2.75, 3.05) is 32.5 Å². The fraction of sp³-hybridized carbons (Fsp3) is 0.333. The molecular formula is C12H16BrN3O3. The molecule has 0 heterocycles. The molecule has 0 bridgehead atoms. The highest BCUT2D eigenvalue weighted by molar-refractivity contribution is 9.10. The SMILES string of the molecule is CNCCN(C)C(=O)Nc1cc(Br)ccc1C(=O)O. The number of halogens is 1. The predicted octanol–water partition coefficient (Wildman–Crippen LogP) is 1.83. The minimum atomic E-state index is -1.08. The first-order valence-corrected chi connectivity index (χ1v) is 6.44. The van der Waals surface area contributed by atoms with Crippen LogP contribution in [0.25, 0.3) is 0 Å². The summed E-state index contributed by atoms with van der Waals surface area (Å²) in [5.74, 6) is -1.08. The number of nitrogens with one attached hydrogen (secondary N) is 2. The van der Waals surface area contributed by atoms with E-state index in [1.807, 2.05) is 0 Å². The van der Waals surface area contributed by atoms with Gasteiger partial charge in [-0.1, -0.05) is 15.9 Å². The topological polar surface area (TPSA) is 81.7 Å². The molecule has 0 aliphatic carbocycles. The molecule has 0 aliphatic heterocycles. The summed E-state index contributed by atoms with van der Waals surface area (Å²) in [5.41, 5.74) is 0.321. The van der Waals surface area contributed by atoms with Gasteiger partial charge in [-0.25, -0.2) is 9.59 Å². The zero-order valence-electron chi connectivity index (χ0n) is 10.7. The number of urea groups is 1. The van der Waals surface area contributed by atoms with Crippen LogP contribution in [0.3, 0.4) is 0 Å². The van der Waals surface area contributed by atoms with Gasteiger partial charge in [0.1, 0.15) is 0 Å². The van der Waals surface area contributed by atoms with Crippen molar-refractivity contribution in [1.82, 2.24) is 10.2 Å². The van der Waals surface area contributed by atoms with Gasteiger partial charge >= 0.3 is 12.0 Å². The van der Waals surface area contributed by atoms with Gasteiger partial charge in [0.05, 0.1) is 11.3 Å². The first-order valence-electron chi connectivity index (χ1n) is 5.65. The molecule has 0 aliphatic rings. The number of rotatable bonds is 5. The van der Waals surface area contributed by atoms with Crippen molar-refractivity contribution >= 4 is 33.6 Å². The second kappa shape index (κ2) is 7.10. The quantitative estimate of drug-likeness (QED) is 0.769. The van der Waals surface area contributed by atoms with Crippen LogP contribution in [-0.4, -0.2) is 49.2 Å². The lowest BCUT2D eigenvalue weighted by Crippen LogP contribution is -2.36. The molecule has 1 rings (SSSR count). The summed E-state index contributed by atoms with van der Waals surface area (Å²) < 4.78 is 0.700. The van der Waals surface area contributed by atoms with E-state index in [4.69, 9.17) is 5.11 Å². The molecule has 0 spiro atoms. The van der Waals surface area contributed by atoms with E-state index in [2.05, 4.69) is 26.6 Å². The molecule has 0 radical (unpaired) electrons. The van der Waals surface area contributed by atoms with Crippen LogP contribution in [0.1, 0.15) is 10.4 Å². The standard InChI is InChI=1S/C12H16BrN3O3/c1-14-5-6-16(2)12(19)15-10-7-8(13)3-4-9(10)11(17)18/h3-4,7,14H,5-6H2,1-2H3,(H,15,19)(H,17,18). The van der Waals surface area contributed by atoms with Crippen molar-refractivity contribution in [2.45, 2.75) is 0 Å². The Bertz CT molecular complexity index is 479.